The number of oxazole rings is 1. The highest BCUT2D eigenvalue weighted by atomic mass is 16.5. The largest absolute Gasteiger partial charge is 0.497 e. The first kappa shape index (κ1) is 22.6. The van der Waals surface area contributed by atoms with Crippen molar-refractivity contribution >= 4 is 11.8 Å². The van der Waals surface area contributed by atoms with E-state index in [0.29, 0.717) is 56.4 Å². The van der Waals surface area contributed by atoms with Gasteiger partial charge in [0.05, 0.1) is 19.2 Å². The molecule has 3 aromatic rings. The Bertz CT molecular complexity index is 1080. The number of carbonyl (C=O) groups excluding carboxylic acids is 2. The molecule has 0 bridgehead atoms. The quantitative estimate of drug-likeness (QED) is 0.554. The van der Waals surface area contributed by atoms with Gasteiger partial charge in [-0.05, 0) is 43.2 Å². The number of hydrogen-bond acceptors (Lipinski definition) is 5. The monoisotopic (exact) mass is 447 g/mol. The number of piperazine rings is 1. The second-order valence-electron chi connectivity index (χ2n) is 8.17. The number of amides is 2. The number of ether oxygens (including phenoxy) is 1. The summed E-state index contributed by atoms with van der Waals surface area (Å²) >= 11 is 0. The van der Waals surface area contributed by atoms with Gasteiger partial charge in [-0.15, -0.1) is 0 Å². The lowest BCUT2D eigenvalue weighted by Gasteiger charge is -2.34. The summed E-state index contributed by atoms with van der Waals surface area (Å²) in [6.07, 6.45) is 1.35. The maximum Gasteiger partial charge on any atom is 0.228 e. The van der Waals surface area contributed by atoms with Gasteiger partial charge >= 0.3 is 0 Å². The van der Waals surface area contributed by atoms with E-state index in [4.69, 9.17) is 9.15 Å². The van der Waals surface area contributed by atoms with Crippen LogP contribution >= 0.6 is 0 Å². The smallest absolute Gasteiger partial charge is 0.228 e. The highest BCUT2D eigenvalue weighted by molar-refractivity contribution is 5.80. The molecule has 2 aromatic carbocycles. The molecule has 0 saturated carbocycles. The Morgan fingerprint density at radius 3 is 2.21 bits per heavy atom. The Morgan fingerprint density at radius 1 is 0.939 bits per heavy atom. The van der Waals surface area contributed by atoms with Gasteiger partial charge in [0.15, 0.2) is 0 Å². The molecule has 0 atom stereocenters. The van der Waals surface area contributed by atoms with Crippen molar-refractivity contribution < 1.29 is 18.7 Å². The SMILES string of the molecule is COc1ccc(CCC(=O)N2CCN(C(=O)Cc3nc(-c4ccccc4)oc3C)CC2)cc1. The molecule has 4 rings (SSSR count). The summed E-state index contributed by atoms with van der Waals surface area (Å²) < 4.78 is 10.9. The predicted molar refractivity (Wildman–Crippen MR) is 125 cm³/mol. The molecule has 0 aliphatic carbocycles. The van der Waals surface area contributed by atoms with Crippen molar-refractivity contribution in [2.24, 2.45) is 0 Å². The van der Waals surface area contributed by atoms with Crippen molar-refractivity contribution in [1.29, 1.82) is 0 Å². The van der Waals surface area contributed by atoms with Crippen molar-refractivity contribution in [3.63, 3.8) is 0 Å². The summed E-state index contributed by atoms with van der Waals surface area (Å²) in [4.78, 5) is 33.6. The number of nitrogens with zero attached hydrogens (tertiary/aromatic N) is 3. The second-order valence-corrected chi connectivity index (χ2v) is 8.17. The van der Waals surface area contributed by atoms with E-state index < -0.39 is 0 Å². The van der Waals surface area contributed by atoms with Gasteiger partial charge in [0.1, 0.15) is 11.5 Å². The van der Waals surface area contributed by atoms with Crippen LogP contribution in [0.15, 0.2) is 59.0 Å². The maximum atomic E-state index is 12.8. The van der Waals surface area contributed by atoms with Crippen molar-refractivity contribution in [2.75, 3.05) is 33.3 Å². The molecule has 7 nitrogen and oxygen atoms in total. The van der Waals surface area contributed by atoms with Gasteiger partial charge in [0.2, 0.25) is 17.7 Å². The molecule has 1 aliphatic heterocycles. The van der Waals surface area contributed by atoms with E-state index in [1.807, 2.05) is 71.3 Å². The van der Waals surface area contributed by atoms with Crippen LogP contribution in [0.4, 0.5) is 0 Å². The Balaban J connectivity index is 1.26. The molecule has 0 N–H and O–H groups in total. The zero-order valence-corrected chi connectivity index (χ0v) is 19.1. The molecule has 33 heavy (non-hydrogen) atoms. The lowest BCUT2D eigenvalue weighted by atomic mass is 10.1. The van der Waals surface area contributed by atoms with E-state index in [0.717, 1.165) is 16.9 Å². The van der Waals surface area contributed by atoms with Gasteiger partial charge in [-0.25, -0.2) is 4.98 Å². The van der Waals surface area contributed by atoms with Gasteiger partial charge in [0.25, 0.3) is 0 Å². The second kappa shape index (κ2) is 10.3. The number of carbonyl (C=O) groups is 2. The van der Waals surface area contributed by atoms with Gasteiger partial charge in [-0.1, -0.05) is 30.3 Å². The third-order valence-corrected chi connectivity index (χ3v) is 6.00. The third-order valence-electron chi connectivity index (χ3n) is 6.00. The van der Waals surface area contributed by atoms with Crippen LogP contribution in [0.5, 0.6) is 5.75 Å². The van der Waals surface area contributed by atoms with Crippen molar-refractivity contribution in [1.82, 2.24) is 14.8 Å². The fraction of sp³-hybridized carbons (Fsp3) is 0.346. The summed E-state index contributed by atoms with van der Waals surface area (Å²) in [6.45, 7) is 4.02. The van der Waals surface area contributed by atoms with E-state index in [1.165, 1.54) is 0 Å². The van der Waals surface area contributed by atoms with Crippen molar-refractivity contribution in [3.8, 4) is 17.2 Å². The number of aromatic nitrogens is 1. The van der Waals surface area contributed by atoms with Crippen LogP contribution in [0.1, 0.15) is 23.4 Å². The first-order valence-corrected chi connectivity index (χ1v) is 11.2. The summed E-state index contributed by atoms with van der Waals surface area (Å²) in [5.41, 5.74) is 2.66. The fourth-order valence-corrected chi connectivity index (χ4v) is 3.96. The van der Waals surface area contributed by atoms with Crippen LogP contribution in [0.25, 0.3) is 11.5 Å². The minimum absolute atomic E-state index is 0.0105. The summed E-state index contributed by atoms with van der Waals surface area (Å²) in [5, 5.41) is 0. The molecular formula is C26H29N3O4. The highest BCUT2D eigenvalue weighted by Crippen LogP contribution is 2.22. The number of rotatable bonds is 7. The molecule has 1 fully saturated rings. The maximum absolute atomic E-state index is 12.8. The first-order valence-electron chi connectivity index (χ1n) is 11.2. The average molecular weight is 448 g/mol. The Hall–Kier alpha value is -3.61. The van der Waals surface area contributed by atoms with E-state index in [9.17, 15) is 9.59 Å². The minimum atomic E-state index is 0.0105. The number of aryl methyl sites for hydroxylation is 2. The van der Waals surface area contributed by atoms with Gasteiger partial charge < -0.3 is 19.0 Å². The molecule has 1 saturated heterocycles. The predicted octanol–water partition coefficient (Wildman–Crippen LogP) is 3.50. The van der Waals surface area contributed by atoms with Crippen LogP contribution in [0, 0.1) is 6.92 Å². The number of benzene rings is 2. The first-order chi connectivity index (χ1) is 16.0. The molecule has 0 spiro atoms. The molecular weight excluding hydrogens is 418 g/mol. The Labute approximate surface area is 194 Å². The highest BCUT2D eigenvalue weighted by Gasteiger charge is 2.25. The average Bonchev–Trinajstić information content (AvgIpc) is 3.23. The summed E-state index contributed by atoms with van der Waals surface area (Å²) in [6, 6.07) is 17.4. The lowest BCUT2D eigenvalue weighted by molar-refractivity contribution is -0.139. The van der Waals surface area contributed by atoms with E-state index in [-0.39, 0.29) is 18.2 Å². The zero-order chi connectivity index (χ0) is 23.2. The summed E-state index contributed by atoms with van der Waals surface area (Å²) in [5.74, 6) is 2.13. The molecule has 2 amide bonds. The molecule has 1 aliphatic rings. The van der Waals surface area contributed by atoms with Gasteiger partial charge in [-0.2, -0.15) is 0 Å². The normalized spacial score (nSPS) is 13.8. The molecule has 0 unspecified atom stereocenters. The molecule has 0 radical (unpaired) electrons. The zero-order valence-electron chi connectivity index (χ0n) is 19.1. The van der Waals surface area contributed by atoms with Crippen molar-refractivity contribution in [3.05, 3.63) is 71.6 Å². The Kier molecular flexibility index (Phi) is 7.07. The van der Waals surface area contributed by atoms with Gasteiger partial charge in [-0.3, -0.25) is 9.59 Å². The molecule has 172 valence electrons. The lowest BCUT2D eigenvalue weighted by Crippen LogP contribution is -2.51. The van der Waals surface area contributed by atoms with Crippen LogP contribution in [-0.2, 0) is 22.4 Å². The Morgan fingerprint density at radius 2 is 1.58 bits per heavy atom. The van der Waals surface area contributed by atoms with Crippen molar-refractivity contribution in [2.45, 2.75) is 26.2 Å². The topological polar surface area (TPSA) is 75.9 Å². The third kappa shape index (κ3) is 5.61. The van der Waals surface area contributed by atoms with Crippen LogP contribution in [-0.4, -0.2) is 59.9 Å². The molecule has 2 heterocycles. The number of methoxy groups -OCH3 is 1. The summed E-state index contributed by atoms with van der Waals surface area (Å²) in [7, 11) is 1.64. The van der Waals surface area contributed by atoms with E-state index >= 15 is 0 Å². The van der Waals surface area contributed by atoms with Gasteiger partial charge in [0, 0.05) is 38.2 Å². The fourth-order valence-electron chi connectivity index (χ4n) is 3.96. The minimum Gasteiger partial charge on any atom is -0.497 e. The molecule has 1 aromatic heterocycles. The van der Waals surface area contributed by atoms with Crippen LogP contribution in [0.2, 0.25) is 0 Å². The van der Waals surface area contributed by atoms with E-state index in [2.05, 4.69) is 4.98 Å². The van der Waals surface area contributed by atoms with Crippen LogP contribution < -0.4 is 4.74 Å². The number of hydrogen-bond donors (Lipinski definition) is 0. The van der Waals surface area contributed by atoms with E-state index in [1.54, 1.807) is 7.11 Å². The molecule has 7 heteroatoms. The van der Waals surface area contributed by atoms with Crippen LogP contribution in [0.3, 0.4) is 0 Å². The standard InChI is InChI=1S/C26H29N3O4/c1-19-23(27-26(33-19)21-6-4-3-5-7-21)18-25(31)29-16-14-28(15-17-29)24(30)13-10-20-8-11-22(32-2)12-9-20/h3-9,11-12H,10,13-18H2,1-2H3.